The molecule has 22 heavy (non-hydrogen) atoms. The minimum absolute atomic E-state index is 0.394. The molecule has 2 atom stereocenters. The molecule has 0 saturated carbocycles. The van der Waals surface area contributed by atoms with Crippen LogP contribution in [0.15, 0.2) is 72.8 Å². The van der Waals surface area contributed by atoms with Gasteiger partial charge in [0.05, 0.1) is 6.10 Å². The topological polar surface area (TPSA) is 46.2 Å². The van der Waals surface area contributed by atoms with E-state index in [1.54, 1.807) is 0 Å². The Labute approximate surface area is 138 Å². The van der Waals surface area contributed by atoms with Gasteiger partial charge in [-0.2, -0.15) is 0 Å². The smallest absolute Gasteiger partial charge is 0.101 e. The lowest BCUT2D eigenvalue weighted by Gasteiger charge is -2.27. The van der Waals surface area contributed by atoms with Gasteiger partial charge >= 0.3 is 0 Å². The Bertz CT molecular complexity index is 765. The molecule has 0 aromatic heterocycles. The number of hydrogen-bond acceptors (Lipinski definition) is 2. The minimum Gasteiger partial charge on any atom is -0.388 e. The number of aliphatic hydroxyl groups is 1. The van der Waals surface area contributed by atoms with Gasteiger partial charge in [0.2, 0.25) is 0 Å². The molecule has 0 aliphatic heterocycles. The Hall–Kier alpha value is -1.68. The van der Waals surface area contributed by atoms with Gasteiger partial charge < -0.3 is 10.8 Å². The highest BCUT2D eigenvalue weighted by molar-refractivity contribution is 9.09. The summed E-state index contributed by atoms with van der Waals surface area (Å²) < 4.78 is -0.789. The van der Waals surface area contributed by atoms with Gasteiger partial charge in [-0.1, -0.05) is 88.7 Å². The average molecular weight is 356 g/mol. The average Bonchev–Trinajstić information content (AvgIpc) is 2.54. The number of alkyl halides is 1. The van der Waals surface area contributed by atoms with Crippen LogP contribution in [0, 0.1) is 0 Å². The summed E-state index contributed by atoms with van der Waals surface area (Å²) in [5, 5.41) is 12.7. The van der Waals surface area contributed by atoms with Crippen molar-refractivity contribution in [3.8, 4) is 0 Å². The van der Waals surface area contributed by atoms with E-state index in [0.29, 0.717) is 6.42 Å². The number of rotatable bonds is 4. The lowest BCUT2D eigenvalue weighted by Crippen LogP contribution is -2.31. The molecule has 2 unspecified atom stereocenters. The molecule has 0 aliphatic rings. The van der Waals surface area contributed by atoms with Crippen molar-refractivity contribution in [2.75, 3.05) is 0 Å². The molecule has 0 fully saturated rings. The van der Waals surface area contributed by atoms with Crippen LogP contribution in [0.3, 0.4) is 0 Å². The molecule has 0 bridgehead atoms. The predicted molar refractivity (Wildman–Crippen MR) is 94.8 cm³/mol. The van der Waals surface area contributed by atoms with Crippen molar-refractivity contribution in [3.63, 3.8) is 0 Å². The van der Waals surface area contributed by atoms with Crippen LogP contribution in [0.25, 0.3) is 10.8 Å². The maximum absolute atomic E-state index is 10.5. The maximum Gasteiger partial charge on any atom is 0.101 e. The monoisotopic (exact) mass is 355 g/mol. The second-order valence-electron chi connectivity index (χ2n) is 5.52. The van der Waals surface area contributed by atoms with Gasteiger partial charge in [0.1, 0.15) is 4.45 Å². The van der Waals surface area contributed by atoms with Gasteiger partial charge in [0, 0.05) is 6.42 Å². The summed E-state index contributed by atoms with van der Waals surface area (Å²) >= 11 is 3.63. The van der Waals surface area contributed by atoms with Crippen molar-refractivity contribution in [1.82, 2.24) is 0 Å². The molecule has 3 rings (SSSR count). The quantitative estimate of drug-likeness (QED) is 0.535. The van der Waals surface area contributed by atoms with Crippen LogP contribution in [-0.2, 0) is 4.45 Å². The molecule has 0 saturated heterocycles. The fourth-order valence-corrected chi connectivity index (χ4v) is 3.42. The second kappa shape index (κ2) is 6.21. The summed E-state index contributed by atoms with van der Waals surface area (Å²) in [6.07, 6.45) is -0.227. The zero-order chi connectivity index (χ0) is 15.6. The van der Waals surface area contributed by atoms with Crippen LogP contribution >= 0.6 is 15.9 Å². The van der Waals surface area contributed by atoms with E-state index in [1.165, 1.54) is 0 Å². The van der Waals surface area contributed by atoms with Crippen molar-refractivity contribution in [1.29, 1.82) is 0 Å². The van der Waals surface area contributed by atoms with Crippen molar-refractivity contribution in [3.05, 3.63) is 83.9 Å². The third-order valence-corrected chi connectivity index (χ3v) is 4.66. The first-order chi connectivity index (χ1) is 10.6. The van der Waals surface area contributed by atoms with Crippen LogP contribution in [-0.4, -0.2) is 5.11 Å². The van der Waals surface area contributed by atoms with Crippen LogP contribution in [0.2, 0.25) is 0 Å². The summed E-state index contributed by atoms with van der Waals surface area (Å²) in [4.78, 5) is 0. The molecule has 0 radical (unpaired) electrons. The van der Waals surface area contributed by atoms with Crippen molar-refractivity contribution < 1.29 is 5.11 Å². The lowest BCUT2D eigenvalue weighted by atomic mass is 9.93. The van der Waals surface area contributed by atoms with Crippen LogP contribution in [0.1, 0.15) is 23.7 Å². The highest BCUT2D eigenvalue weighted by Gasteiger charge is 2.29. The van der Waals surface area contributed by atoms with E-state index in [4.69, 9.17) is 5.73 Å². The van der Waals surface area contributed by atoms with Crippen molar-refractivity contribution in [2.24, 2.45) is 5.73 Å². The fraction of sp³-hybridized carbons (Fsp3) is 0.158. The zero-order valence-electron chi connectivity index (χ0n) is 12.1. The summed E-state index contributed by atoms with van der Waals surface area (Å²) in [5.74, 6) is 0. The van der Waals surface area contributed by atoms with E-state index < -0.39 is 10.6 Å². The highest BCUT2D eigenvalue weighted by atomic mass is 79.9. The molecule has 3 N–H and O–H groups in total. The Morgan fingerprint density at radius 3 is 2.32 bits per heavy atom. The van der Waals surface area contributed by atoms with Crippen LogP contribution < -0.4 is 5.73 Å². The molecular weight excluding hydrogens is 338 g/mol. The van der Waals surface area contributed by atoms with Gasteiger partial charge in [-0.25, -0.2) is 0 Å². The third kappa shape index (κ3) is 3.07. The molecule has 0 amide bonds. The number of aliphatic hydroxyl groups excluding tert-OH is 1. The number of fused-ring (bicyclic) bond motifs is 1. The normalized spacial score (nSPS) is 15.4. The first-order valence-corrected chi connectivity index (χ1v) is 8.06. The van der Waals surface area contributed by atoms with E-state index in [1.807, 2.05) is 54.6 Å². The van der Waals surface area contributed by atoms with Gasteiger partial charge in [0.25, 0.3) is 0 Å². The number of benzene rings is 3. The van der Waals surface area contributed by atoms with Crippen molar-refractivity contribution in [2.45, 2.75) is 17.0 Å². The Morgan fingerprint density at radius 1 is 0.909 bits per heavy atom. The standard InChI is InChI=1S/C19H18BrNO/c20-19(21,13-18(22)15-8-2-1-3-9-15)17-12-6-10-14-7-4-5-11-16(14)17/h1-12,18,22H,13,21H2. The molecule has 3 aromatic rings. The fourth-order valence-electron chi connectivity index (χ4n) is 2.77. The third-order valence-electron chi connectivity index (χ3n) is 3.91. The number of halogens is 1. The molecule has 0 spiro atoms. The molecule has 3 heteroatoms. The molecule has 0 aliphatic carbocycles. The first-order valence-electron chi connectivity index (χ1n) is 7.27. The number of hydrogen-bond donors (Lipinski definition) is 2. The largest absolute Gasteiger partial charge is 0.388 e. The maximum atomic E-state index is 10.5. The van der Waals surface area contributed by atoms with Gasteiger partial charge in [-0.05, 0) is 21.9 Å². The minimum atomic E-state index is -0.789. The number of nitrogens with two attached hydrogens (primary N) is 1. The lowest BCUT2D eigenvalue weighted by molar-refractivity contribution is 0.154. The first kappa shape index (κ1) is 15.2. The SMILES string of the molecule is NC(Br)(CC(O)c1ccccc1)c1cccc2ccccc12. The molecular formula is C19H18BrNO. The van der Waals surface area contributed by atoms with Gasteiger partial charge in [0.15, 0.2) is 0 Å². The van der Waals surface area contributed by atoms with Gasteiger partial charge in [-0.3, -0.25) is 0 Å². The van der Waals surface area contributed by atoms with Gasteiger partial charge in [-0.15, -0.1) is 0 Å². The van der Waals surface area contributed by atoms with Crippen LogP contribution in [0.5, 0.6) is 0 Å². The zero-order valence-corrected chi connectivity index (χ0v) is 13.7. The Balaban J connectivity index is 1.95. The van der Waals surface area contributed by atoms with E-state index >= 15 is 0 Å². The van der Waals surface area contributed by atoms with E-state index in [2.05, 4.69) is 34.1 Å². The molecule has 2 nitrogen and oxygen atoms in total. The van der Waals surface area contributed by atoms with E-state index in [9.17, 15) is 5.11 Å². The summed E-state index contributed by atoms with van der Waals surface area (Å²) in [7, 11) is 0. The van der Waals surface area contributed by atoms with Crippen LogP contribution in [0.4, 0.5) is 0 Å². The Morgan fingerprint density at radius 2 is 1.55 bits per heavy atom. The molecule has 0 heterocycles. The summed E-state index contributed by atoms with van der Waals surface area (Å²) in [6.45, 7) is 0. The highest BCUT2D eigenvalue weighted by Crippen LogP contribution is 2.38. The van der Waals surface area contributed by atoms with Crippen molar-refractivity contribution >= 4 is 26.7 Å². The molecule has 3 aromatic carbocycles. The van der Waals surface area contributed by atoms with E-state index in [0.717, 1.165) is 21.9 Å². The Kier molecular flexibility index (Phi) is 4.30. The second-order valence-corrected chi connectivity index (χ2v) is 6.93. The predicted octanol–water partition coefficient (Wildman–Crippen LogP) is 4.47. The summed E-state index contributed by atoms with van der Waals surface area (Å²) in [5.41, 5.74) is 8.36. The van der Waals surface area contributed by atoms with E-state index in [-0.39, 0.29) is 0 Å². The summed E-state index contributed by atoms with van der Waals surface area (Å²) in [6, 6.07) is 23.8. The molecule has 112 valence electrons.